The van der Waals surface area contributed by atoms with Gasteiger partial charge in [0.15, 0.2) is 11.6 Å². The molecule has 0 unspecified atom stereocenters. The second-order valence-corrected chi connectivity index (χ2v) is 6.51. The molecule has 2 amide bonds. The number of methoxy groups -OCH3 is 1. The molecule has 2 aromatic carbocycles. The molecule has 0 aliphatic rings. The quantitative estimate of drug-likeness (QED) is 0.289. The van der Waals surface area contributed by atoms with E-state index < -0.39 is 11.7 Å². The highest BCUT2D eigenvalue weighted by Gasteiger charge is 2.15. The molecule has 3 N–H and O–H groups in total. The smallest absolute Gasteiger partial charge is 0.267 e. The zero-order chi connectivity index (χ0) is 21.4. The van der Waals surface area contributed by atoms with Gasteiger partial charge in [0, 0.05) is 17.7 Å². The minimum atomic E-state index is -0.636. The minimum Gasteiger partial charge on any atom is -0.494 e. The van der Waals surface area contributed by atoms with Crippen molar-refractivity contribution in [3.63, 3.8) is 0 Å². The van der Waals surface area contributed by atoms with Gasteiger partial charge >= 0.3 is 0 Å². The molecule has 0 spiro atoms. The predicted octanol–water partition coefficient (Wildman–Crippen LogP) is 3.42. The fourth-order valence-corrected chi connectivity index (χ4v) is 2.53. The van der Waals surface area contributed by atoms with Gasteiger partial charge in [-0.15, -0.1) is 0 Å². The van der Waals surface area contributed by atoms with Crippen molar-refractivity contribution < 1.29 is 23.9 Å². The molecule has 0 aliphatic carbocycles. The summed E-state index contributed by atoms with van der Waals surface area (Å²) in [6, 6.07) is 11.3. The van der Waals surface area contributed by atoms with Crippen LogP contribution in [0.15, 0.2) is 48.5 Å². The molecule has 0 heterocycles. The molecule has 0 radical (unpaired) electrons. The van der Waals surface area contributed by atoms with Crippen LogP contribution < -0.4 is 15.5 Å². The zero-order valence-corrected chi connectivity index (χ0v) is 16.4. The van der Waals surface area contributed by atoms with Gasteiger partial charge in [-0.3, -0.25) is 14.8 Å². The van der Waals surface area contributed by atoms with Gasteiger partial charge < -0.3 is 10.1 Å². The van der Waals surface area contributed by atoms with E-state index in [0.717, 1.165) is 11.1 Å². The van der Waals surface area contributed by atoms with E-state index in [4.69, 9.17) is 9.94 Å². The number of carbonyl (C=O) groups is 2. The van der Waals surface area contributed by atoms with Gasteiger partial charge in [0.1, 0.15) is 0 Å². The van der Waals surface area contributed by atoms with E-state index in [9.17, 15) is 14.0 Å². The molecule has 0 saturated carbocycles. The van der Waals surface area contributed by atoms with Gasteiger partial charge in [-0.25, -0.2) is 9.87 Å². The lowest BCUT2D eigenvalue weighted by atomic mass is 10.0. The summed E-state index contributed by atoms with van der Waals surface area (Å²) in [6.45, 7) is 3.68. The van der Waals surface area contributed by atoms with E-state index in [1.165, 1.54) is 36.9 Å². The number of rotatable bonds is 7. The zero-order valence-electron chi connectivity index (χ0n) is 16.4. The average Bonchev–Trinajstić information content (AvgIpc) is 2.70. The van der Waals surface area contributed by atoms with E-state index in [2.05, 4.69) is 5.32 Å². The first kappa shape index (κ1) is 21.8. The minimum absolute atomic E-state index is 0.0841. The van der Waals surface area contributed by atoms with Crippen LogP contribution in [0.25, 0.3) is 17.7 Å². The summed E-state index contributed by atoms with van der Waals surface area (Å²) >= 11 is 0. The molecule has 0 aromatic heterocycles. The third-order valence-corrected chi connectivity index (χ3v) is 3.91. The van der Waals surface area contributed by atoms with Crippen molar-refractivity contribution in [2.75, 3.05) is 7.11 Å². The Balaban J connectivity index is 2.39. The summed E-state index contributed by atoms with van der Waals surface area (Å²) < 4.78 is 19.1. The second kappa shape index (κ2) is 10.2. The first-order valence-electron chi connectivity index (χ1n) is 8.92. The van der Waals surface area contributed by atoms with Crippen molar-refractivity contribution in [3.8, 4) is 5.75 Å². The third-order valence-electron chi connectivity index (χ3n) is 3.91. The number of amides is 2. The van der Waals surface area contributed by atoms with Crippen LogP contribution in [0, 0.1) is 5.82 Å². The number of hydrogen-bond donors (Lipinski definition) is 3. The van der Waals surface area contributed by atoms with Crippen molar-refractivity contribution in [3.05, 3.63) is 71.0 Å². The Hall–Kier alpha value is -3.45. The maximum absolute atomic E-state index is 14.2. The number of halogens is 1. The molecule has 0 bridgehead atoms. The Bertz CT molecular complexity index is 934. The number of hydroxylamine groups is 1. The van der Waals surface area contributed by atoms with Gasteiger partial charge in [0.2, 0.25) is 0 Å². The Morgan fingerprint density at radius 1 is 1.10 bits per heavy atom. The maximum atomic E-state index is 14.2. The molecular weight excluding hydrogens is 375 g/mol. The molecule has 2 rings (SSSR count). The lowest BCUT2D eigenvalue weighted by molar-refractivity contribution is -0.124. The highest BCUT2D eigenvalue weighted by Crippen LogP contribution is 2.25. The van der Waals surface area contributed by atoms with E-state index in [1.807, 2.05) is 13.8 Å². The van der Waals surface area contributed by atoms with Crippen molar-refractivity contribution in [2.24, 2.45) is 0 Å². The van der Waals surface area contributed by atoms with Crippen LogP contribution in [0.4, 0.5) is 4.39 Å². The largest absolute Gasteiger partial charge is 0.494 e. The van der Waals surface area contributed by atoms with Crippen molar-refractivity contribution >= 4 is 29.5 Å². The van der Waals surface area contributed by atoms with Crippen LogP contribution in [0.3, 0.4) is 0 Å². The summed E-state index contributed by atoms with van der Waals surface area (Å²) in [5.41, 5.74) is 3.69. The van der Waals surface area contributed by atoms with E-state index >= 15 is 0 Å². The SMILES string of the molecule is COc1ccc(/C(=C\c2ccc(/C=C/C(=O)NO)cc2)C(=O)NC(C)C)cc1F. The Kier molecular flexibility index (Phi) is 7.68. The predicted molar refractivity (Wildman–Crippen MR) is 110 cm³/mol. The first-order chi connectivity index (χ1) is 13.8. The Morgan fingerprint density at radius 3 is 2.31 bits per heavy atom. The second-order valence-electron chi connectivity index (χ2n) is 6.51. The number of carbonyl (C=O) groups excluding carboxylic acids is 2. The maximum Gasteiger partial charge on any atom is 0.267 e. The fourth-order valence-electron chi connectivity index (χ4n) is 2.53. The summed E-state index contributed by atoms with van der Waals surface area (Å²) in [5.74, 6) is -1.42. The molecule has 7 heteroatoms. The molecule has 6 nitrogen and oxygen atoms in total. The molecule has 2 aromatic rings. The number of nitrogens with one attached hydrogen (secondary N) is 2. The van der Waals surface area contributed by atoms with E-state index in [1.54, 1.807) is 36.4 Å². The van der Waals surface area contributed by atoms with Gasteiger partial charge in [-0.05, 0) is 54.8 Å². The van der Waals surface area contributed by atoms with E-state index in [0.29, 0.717) is 11.1 Å². The fraction of sp³-hybridized carbons (Fsp3) is 0.182. The molecule has 0 saturated heterocycles. The monoisotopic (exact) mass is 398 g/mol. The van der Waals surface area contributed by atoms with Crippen molar-refractivity contribution in [1.82, 2.24) is 10.8 Å². The number of hydrogen-bond acceptors (Lipinski definition) is 4. The van der Waals surface area contributed by atoms with Crippen LogP contribution >= 0.6 is 0 Å². The van der Waals surface area contributed by atoms with Crippen molar-refractivity contribution in [1.29, 1.82) is 0 Å². The summed E-state index contributed by atoms with van der Waals surface area (Å²) in [5, 5.41) is 11.3. The first-order valence-corrected chi connectivity index (χ1v) is 8.92. The topological polar surface area (TPSA) is 87.7 Å². The summed E-state index contributed by atoms with van der Waals surface area (Å²) in [6.07, 6.45) is 4.38. The number of ether oxygens (including phenoxy) is 1. The van der Waals surface area contributed by atoms with Gasteiger partial charge in [0.25, 0.3) is 11.8 Å². The van der Waals surface area contributed by atoms with Gasteiger partial charge in [0.05, 0.1) is 7.11 Å². The summed E-state index contributed by atoms with van der Waals surface area (Å²) in [4.78, 5) is 23.7. The Morgan fingerprint density at radius 2 is 1.76 bits per heavy atom. The van der Waals surface area contributed by atoms with Crippen LogP contribution in [-0.4, -0.2) is 30.2 Å². The highest BCUT2D eigenvalue weighted by molar-refractivity contribution is 6.24. The molecule has 0 aliphatic heterocycles. The van der Waals surface area contributed by atoms with Crippen molar-refractivity contribution in [2.45, 2.75) is 19.9 Å². The third kappa shape index (κ3) is 6.29. The van der Waals surface area contributed by atoms with Crippen LogP contribution in [0.2, 0.25) is 0 Å². The standard InChI is InChI=1S/C22H23FN2O4/c1-14(2)24-22(27)18(17-9-10-20(29-3)19(23)13-17)12-16-6-4-15(5-7-16)8-11-21(26)25-28/h4-14,28H,1-3H3,(H,24,27)(H,25,26)/b11-8+,18-12+. The highest BCUT2D eigenvalue weighted by atomic mass is 19.1. The lowest BCUT2D eigenvalue weighted by Crippen LogP contribution is -2.30. The van der Waals surface area contributed by atoms with Crippen LogP contribution in [0.1, 0.15) is 30.5 Å². The molecule has 0 atom stereocenters. The molecule has 29 heavy (non-hydrogen) atoms. The van der Waals surface area contributed by atoms with E-state index in [-0.39, 0.29) is 17.7 Å². The lowest BCUT2D eigenvalue weighted by Gasteiger charge is -2.13. The van der Waals surface area contributed by atoms with Gasteiger partial charge in [-0.2, -0.15) is 0 Å². The van der Waals surface area contributed by atoms with Gasteiger partial charge in [-0.1, -0.05) is 30.3 Å². The average molecular weight is 398 g/mol. The van der Waals surface area contributed by atoms with Crippen LogP contribution in [0.5, 0.6) is 5.75 Å². The molecule has 0 fully saturated rings. The summed E-state index contributed by atoms with van der Waals surface area (Å²) in [7, 11) is 1.38. The van der Waals surface area contributed by atoms with Crippen LogP contribution in [-0.2, 0) is 9.59 Å². The Labute approximate surface area is 168 Å². The molecular formula is C22H23FN2O4. The normalized spacial score (nSPS) is 11.6. The molecule has 152 valence electrons. The number of benzene rings is 2.